The molecule has 4 heteroatoms. The van der Waals surface area contributed by atoms with E-state index >= 15 is 0 Å². The molecule has 0 spiro atoms. The average molecular weight is 535 g/mol. The quantitative estimate of drug-likeness (QED) is 0.221. The first-order chi connectivity index (χ1) is 20.8. The second-order valence-corrected chi connectivity index (χ2v) is 11.0. The first kappa shape index (κ1) is 22.0. The monoisotopic (exact) mass is 534 g/mol. The van der Waals surface area contributed by atoms with Gasteiger partial charge >= 0.3 is 0 Å². The lowest BCUT2D eigenvalue weighted by atomic mass is 9.96. The SMILES string of the molecule is c1ccc(-n2c3ccccc3c3cc(-c4ccc5c6nc7ccccc7nc6n6c7ccccc7c4c56)ccc32)cc1. The smallest absolute Gasteiger partial charge is 0.165 e. The first-order valence-corrected chi connectivity index (χ1v) is 14.3. The fraction of sp³-hybridized carbons (Fsp3) is 0. The zero-order valence-corrected chi connectivity index (χ0v) is 22.5. The standard InChI is InChI=1S/C38H22N4/c1-2-10-24(11-3-1)41-32-16-8-4-12-26(32)29-22-23(18-21-34(29)41)25-19-20-28-36-38(40-31-15-7-6-14-30(31)39-36)42-33-17-9-5-13-27(33)35(25)37(28)42/h1-22H. The summed E-state index contributed by atoms with van der Waals surface area (Å²) in [6.45, 7) is 0. The van der Waals surface area contributed by atoms with E-state index in [0.29, 0.717) is 0 Å². The molecule has 10 aromatic rings. The number of hydrogen-bond donors (Lipinski definition) is 0. The van der Waals surface area contributed by atoms with Crippen molar-refractivity contribution in [2.24, 2.45) is 0 Å². The third-order valence-corrected chi connectivity index (χ3v) is 8.83. The van der Waals surface area contributed by atoms with Crippen LogP contribution in [-0.2, 0) is 0 Å². The summed E-state index contributed by atoms with van der Waals surface area (Å²) in [4.78, 5) is 10.2. The van der Waals surface area contributed by atoms with Crippen molar-refractivity contribution in [3.05, 3.63) is 133 Å². The zero-order valence-electron chi connectivity index (χ0n) is 22.5. The summed E-state index contributed by atoms with van der Waals surface area (Å²) < 4.78 is 4.68. The van der Waals surface area contributed by atoms with Crippen LogP contribution in [0.3, 0.4) is 0 Å². The predicted octanol–water partition coefficient (Wildman–Crippen LogP) is 9.54. The molecule has 0 radical (unpaired) electrons. The fourth-order valence-electron chi connectivity index (χ4n) is 7.07. The van der Waals surface area contributed by atoms with Crippen molar-refractivity contribution in [1.29, 1.82) is 0 Å². The molecule has 0 aliphatic carbocycles. The summed E-state index contributed by atoms with van der Waals surface area (Å²) in [6, 6.07) is 47.6. The van der Waals surface area contributed by atoms with Crippen LogP contribution in [0.15, 0.2) is 133 Å². The maximum atomic E-state index is 5.12. The van der Waals surface area contributed by atoms with Crippen molar-refractivity contribution in [3.63, 3.8) is 0 Å². The Morgan fingerprint density at radius 1 is 0.476 bits per heavy atom. The van der Waals surface area contributed by atoms with Gasteiger partial charge in [0.15, 0.2) is 5.65 Å². The van der Waals surface area contributed by atoms with E-state index in [0.717, 1.165) is 33.1 Å². The van der Waals surface area contributed by atoms with Gasteiger partial charge in [0.2, 0.25) is 0 Å². The van der Waals surface area contributed by atoms with Crippen molar-refractivity contribution in [2.75, 3.05) is 0 Å². The lowest BCUT2D eigenvalue weighted by Gasteiger charge is -2.09. The number of para-hydroxylation sites is 5. The van der Waals surface area contributed by atoms with Gasteiger partial charge in [0.1, 0.15) is 5.52 Å². The van der Waals surface area contributed by atoms with Gasteiger partial charge in [0, 0.05) is 32.6 Å². The Labute approximate surface area is 240 Å². The van der Waals surface area contributed by atoms with Gasteiger partial charge in [0.25, 0.3) is 0 Å². The van der Waals surface area contributed by atoms with Crippen molar-refractivity contribution in [1.82, 2.24) is 18.9 Å². The van der Waals surface area contributed by atoms with E-state index in [1.807, 2.05) is 24.3 Å². The minimum Gasteiger partial charge on any atom is -0.309 e. The van der Waals surface area contributed by atoms with Gasteiger partial charge in [-0.3, -0.25) is 4.40 Å². The lowest BCUT2D eigenvalue weighted by Crippen LogP contribution is -1.92. The molecule has 4 nitrogen and oxygen atoms in total. The topological polar surface area (TPSA) is 35.1 Å². The van der Waals surface area contributed by atoms with Gasteiger partial charge < -0.3 is 4.57 Å². The molecule has 0 unspecified atom stereocenters. The fourth-order valence-corrected chi connectivity index (χ4v) is 7.07. The Balaban J connectivity index is 1.32. The molecule has 42 heavy (non-hydrogen) atoms. The van der Waals surface area contributed by atoms with Gasteiger partial charge in [0.05, 0.1) is 33.1 Å². The van der Waals surface area contributed by atoms with E-state index in [2.05, 4.69) is 118 Å². The molecule has 0 aliphatic rings. The minimum atomic E-state index is 0.911. The Bertz CT molecular complexity index is 2680. The highest BCUT2D eigenvalue weighted by Gasteiger charge is 2.23. The van der Waals surface area contributed by atoms with Gasteiger partial charge in [-0.2, -0.15) is 0 Å². The lowest BCUT2D eigenvalue weighted by molar-refractivity contribution is 1.18. The van der Waals surface area contributed by atoms with Gasteiger partial charge in [-0.05, 0) is 65.7 Å². The van der Waals surface area contributed by atoms with Crippen LogP contribution in [0.1, 0.15) is 0 Å². The molecule has 0 fully saturated rings. The van der Waals surface area contributed by atoms with E-state index in [1.165, 1.54) is 54.9 Å². The molecule has 0 N–H and O–H groups in total. The summed E-state index contributed by atoms with van der Waals surface area (Å²) in [5.74, 6) is 0. The third-order valence-electron chi connectivity index (χ3n) is 8.83. The van der Waals surface area contributed by atoms with Crippen molar-refractivity contribution < 1.29 is 0 Å². The molecule has 4 aromatic heterocycles. The third kappa shape index (κ3) is 2.76. The molecule has 6 aromatic carbocycles. The Kier molecular flexibility index (Phi) is 4.15. The Hall–Kier alpha value is -5.74. The molecule has 10 rings (SSSR count). The largest absolute Gasteiger partial charge is 0.309 e. The summed E-state index contributed by atoms with van der Waals surface area (Å²) in [5, 5.41) is 6.13. The summed E-state index contributed by atoms with van der Waals surface area (Å²) in [7, 11) is 0. The van der Waals surface area contributed by atoms with Gasteiger partial charge in [-0.1, -0.05) is 78.9 Å². The number of fused-ring (bicyclic) bond motifs is 10. The Morgan fingerprint density at radius 2 is 1.17 bits per heavy atom. The van der Waals surface area contributed by atoms with Crippen LogP contribution in [0.2, 0.25) is 0 Å². The predicted molar refractivity (Wildman–Crippen MR) is 174 cm³/mol. The maximum absolute atomic E-state index is 5.12. The maximum Gasteiger partial charge on any atom is 0.165 e. The molecular formula is C38H22N4. The van der Waals surface area contributed by atoms with Crippen molar-refractivity contribution in [3.8, 4) is 16.8 Å². The molecule has 0 amide bonds. The molecule has 0 atom stereocenters. The van der Waals surface area contributed by atoms with E-state index in [9.17, 15) is 0 Å². The van der Waals surface area contributed by atoms with E-state index < -0.39 is 0 Å². The normalized spacial score (nSPS) is 12.3. The second kappa shape index (κ2) is 7.93. The van der Waals surface area contributed by atoms with Gasteiger partial charge in [-0.15, -0.1) is 0 Å². The average Bonchev–Trinajstić information content (AvgIpc) is 3.68. The van der Waals surface area contributed by atoms with Crippen LogP contribution in [0.4, 0.5) is 0 Å². The molecule has 0 saturated heterocycles. The molecule has 194 valence electrons. The van der Waals surface area contributed by atoms with E-state index in [1.54, 1.807) is 0 Å². The first-order valence-electron chi connectivity index (χ1n) is 14.3. The number of nitrogens with zero attached hydrogens (tertiary/aromatic N) is 4. The number of rotatable bonds is 2. The van der Waals surface area contributed by atoms with Crippen LogP contribution in [0.5, 0.6) is 0 Å². The van der Waals surface area contributed by atoms with E-state index in [-0.39, 0.29) is 0 Å². The Morgan fingerprint density at radius 3 is 2.02 bits per heavy atom. The van der Waals surface area contributed by atoms with Crippen molar-refractivity contribution in [2.45, 2.75) is 0 Å². The number of aromatic nitrogens is 4. The van der Waals surface area contributed by atoms with Crippen LogP contribution < -0.4 is 0 Å². The summed E-state index contributed by atoms with van der Waals surface area (Å²) in [5.41, 5.74) is 12.1. The highest BCUT2D eigenvalue weighted by atomic mass is 15.0. The summed E-state index contributed by atoms with van der Waals surface area (Å²) in [6.07, 6.45) is 0. The zero-order chi connectivity index (χ0) is 27.4. The molecule has 0 bridgehead atoms. The minimum absolute atomic E-state index is 0.911. The van der Waals surface area contributed by atoms with Crippen LogP contribution in [0, 0.1) is 0 Å². The van der Waals surface area contributed by atoms with Crippen LogP contribution >= 0.6 is 0 Å². The van der Waals surface area contributed by atoms with Crippen molar-refractivity contribution >= 4 is 71.2 Å². The van der Waals surface area contributed by atoms with Crippen LogP contribution in [0.25, 0.3) is 88.0 Å². The summed E-state index contributed by atoms with van der Waals surface area (Å²) >= 11 is 0. The molecule has 4 heterocycles. The highest BCUT2D eigenvalue weighted by molar-refractivity contribution is 6.26. The number of benzene rings is 6. The van der Waals surface area contributed by atoms with E-state index in [4.69, 9.17) is 9.97 Å². The van der Waals surface area contributed by atoms with Crippen LogP contribution in [-0.4, -0.2) is 18.9 Å². The molecule has 0 aliphatic heterocycles. The molecule has 0 saturated carbocycles. The second-order valence-electron chi connectivity index (χ2n) is 11.0. The number of hydrogen-bond acceptors (Lipinski definition) is 2. The highest BCUT2D eigenvalue weighted by Crippen LogP contribution is 2.44. The van der Waals surface area contributed by atoms with Gasteiger partial charge in [-0.25, -0.2) is 9.97 Å². The molecular weight excluding hydrogens is 512 g/mol.